The summed E-state index contributed by atoms with van der Waals surface area (Å²) in [5, 5.41) is 1.36. The normalized spacial score (nSPS) is 13.8. The van der Waals surface area contributed by atoms with E-state index in [-0.39, 0.29) is 17.1 Å². The Morgan fingerprint density at radius 1 is 1.27 bits per heavy atom. The molecule has 0 unspecified atom stereocenters. The van der Waals surface area contributed by atoms with Crippen LogP contribution in [0.25, 0.3) is 10.2 Å². The number of Topliss-reactive ketones (excluding diaryl/α,β-unsaturated/α-hetero) is 1. The predicted octanol–water partition coefficient (Wildman–Crippen LogP) is 4.95. The molecule has 0 aromatic carbocycles. The van der Waals surface area contributed by atoms with E-state index in [0.717, 1.165) is 46.4 Å². The summed E-state index contributed by atoms with van der Waals surface area (Å²) >= 11 is 2.99. The number of carbonyl (C=O) groups excluding carboxylic acids is 1. The zero-order chi connectivity index (χ0) is 23.5. The first-order chi connectivity index (χ1) is 16.0. The topological polar surface area (TPSA) is 66.1 Å². The molecule has 0 saturated carbocycles. The van der Waals surface area contributed by atoms with Crippen LogP contribution in [0.15, 0.2) is 28.7 Å². The molecule has 0 radical (unpaired) electrons. The zero-order valence-corrected chi connectivity index (χ0v) is 21.2. The molecule has 4 rings (SSSR count). The van der Waals surface area contributed by atoms with Gasteiger partial charge < -0.3 is 9.30 Å². The van der Waals surface area contributed by atoms with Gasteiger partial charge in [-0.15, -0.1) is 17.9 Å². The molecule has 0 spiro atoms. The van der Waals surface area contributed by atoms with Crippen LogP contribution in [-0.2, 0) is 30.7 Å². The molecular formula is C25H31N3O3S2. The van der Waals surface area contributed by atoms with Crippen molar-refractivity contribution in [3.8, 4) is 0 Å². The number of aryl methyl sites for hydroxylation is 3. The molecule has 33 heavy (non-hydrogen) atoms. The van der Waals surface area contributed by atoms with Crippen molar-refractivity contribution >= 4 is 39.1 Å². The number of nitrogens with zero attached hydrogens (tertiary/aromatic N) is 3. The number of thioether (sulfide) groups is 1. The van der Waals surface area contributed by atoms with Crippen LogP contribution in [0.2, 0.25) is 0 Å². The first-order valence-corrected chi connectivity index (χ1v) is 13.2. The van der Waals surface area contributed by atoms with Crippen LogP contribution >= 0.6 is 23.1 Å². The number of hydrogen-bond donors (Lipinski definition) is 0. The summed E-state index contributed by atoms with van der Waals surface area (Å²) in [5.74, 6) is 0.271. The van der Waals surface area contributed by atoms with Crippen LogP contribution in [0.3, 0.4) is 0 Å². The van der Waals surface area contributed by atoms with Crippen LogP contribution in [0.4, 0.5) is 0 Å². The molecule has 0 saturated heterocycles. The minimum absolute atomic E-state index is 0.00741. The summed E-state index contributed by atoms with van der Waals surface area (Å²) in [6.45, 7) is 9.50. The fraction of sp³-hybridized carbons (Fsp3) is 0.480. The largest absolute Gasteiger partial charge is 0.383 e. The van der Waals surface area contributed by atoms with Gasteiger partial charge in [-0.05, 0) is 51.2 Å². The van der Waals surface area contributed by atoms with E-state index in [1.165, 1.54) is 35.0 Å². The number of ketones is 1. The van der Waals surface area contributed by atoms with E-state index in [4.69, 9.17) is 9.72 Å². The van der Waals surface area contributed by atoms with Crippen molar-refractivity contribution in [1.82, 2.24) is 14.1 Å². The van der Waals surface area contributed by atoms with Crippen LogP contribution < -0.4 is 5.56 Å². The highest BCUT2D eigenvalue weighted by atomic mass is 32.2. The first kappa shape index (κ1) is 24.0. The average Bonchev–Trinajstić information content (AvgIpc) is 3.18. The van der Waals surface area contributed by atoms with Gasteiger partial charge in [-0.2, -0.15) is 0 Å². The lowest BCUT2D eigenvalue weighted by molar-refractivity contribution is 0.102. The SMILES string of the molecule is C=CCn1c(SCC(=O)c2cc(C)n(CCOC)c2C)nc2sc3c(c2c1=O)CCCCC3. The van der Waals surface area contributed by atoms with E-state index in [1.807, 2.05) is 19.9 Å². The van der Waals surface area contributed by atoms with Gasteiger partial charge in [0.25, 0.3) is 5.56 Å². The van der Waals surface area contributed by atoms with Crippen LogP contribution in [0.5, 0.6) is 0 Å². The highest BCUT2D eigenvalue weighted by Gasteiger charge is 2.22. The number of fused-ring (bicyclic) bond motifs is 3. The molecule has 0 amide bonds. The molecule has 176 valence electrons. The van der Waals surface area contributed by atoms with Crippen molar-refractivity contribution in [1.29, 1.82) is 0 Å². The van der Waals surface area contributed by atoms with E-state index in [2.05, 4.69) is 11.1 Å². The Bertz CT molecular complexity index is 1250. The molecule has 0 aliphatic heterocycles. The van der Waals surface area contributed by atoms with Crippen molar-refractivity contribution in [2.24, 2.45) is 0 Å². The first-order valence-electron chi connectivity index (χ1n) is 11.4. The van der Waals surface area contributed by atoms with Crippen molar-refractivity contribution in [3.63, 3.8) is 0 Å². The Balaban J connectivity index is 1.63. The third kappa shape index (κ3) is 4.74. The second kappa shape index (κ2) is 10.4. The number of ether oxygens (including phenoxy) is 1. The van der Waals surface area contributed by atoms with Gasteiger partial charge >= 0.3 is 0 Å². The number of thiophene rings is 1. The molecule has 3 aromatic heterocycles. The number of hydrogen-bond acceptors (Lipinski definition) is 6. The van der Waals surface area contributed by atoms with E-state index >= 15 is 0 Å². The number of aromatic nitrogens is 3. The van der Waals surface area contributed by atoms with Crippen molar-refractivity contribution in [2.45, 2.75) is 64.2 Å². The third-order valence-electron chi connectivity index (χ3n) is 6.33. The van der Waals surface area contributed by atoms with Gasteiger partial charge in [-0.3, -0.25) is 14.2 Å². The fourth-order valence-corrected chi connectivity index (χ4v) is 6.81. The Kier molecular flexibility index (Phi) is 7.56. The second-order valence-corrected chi connectivity index (χ2v) is 10.5. The van der Waals surface area contributed by atoms with Gasteiger partial charge in [-0.1, -0.05) is 24.3 Å². The molecule has 0 atom stereocenters. The number of carbonyl (C=O) groups is 1. The fourth-order valence-electron chi connectivity index (χ4n) is 4.61. The molecule has 8 heteroatoms. The van der Waals surface area contributed by atoms with Gasteiger partial charge in [0.2, 0.25) is 0 Å². The number of methoxy groups -OCH3 is 1. The molecule has 0 N–H and O–H groups in total. The standard InChI is InChI=1S/C25H31N3O3S2/c1-5-11-28-24(30)22-18-9-7-6-8-10-21(18)33-23(22)26-25(28)32-15-20(29)19-14-16(2)27(17(19)3)12-13-31-4/h5,14H,1,6-13,15H2,2-4H3. The van der Waals surface area contributed by atoms with E-state index < -0.39 is 0 Å². The highest BCUT2D eigenvalue weighted by Crippen LogP contribution is 2.34. The molecule has 0 bridgehead atoms. The lowest BCUT2D eigenvalue weighted by Crippen LogP contribution is -2.23. The summed E-state index contributed by atoms with van der Waals surface area (Å²) < 4.78 is 8.98. The van der Waals surface area contributed by atoms with Crippen LogP contribution in [-0.4, -0.2) is 39.4 Å². The van der Waals surface area contributed by atoms with E-state index in [9.17, 15) is 9.59 Å². The molecule has 1 aliphatic rings. The Labute approximate surface area is 202 Å². The molecule has 3 heterocycles. The highest BCUT2D eigenvalue weighted by molar-refractivity contribution is 7.99. The lowest BCUT2D eigenvalue weighted by Gasteiger charge is -2.11. The monoisotopic (exact) mass is 485 g/mol. The van der Waals surface area contributed by atoms with Gasteiger partial charge in [0, 0.05) is 42.0 Å². The minimum Gasteiger partial charge on any atom is -0.383 e. The molecule has 0 fully saturated rings. The minimum atomic E-state index is -0.00741. The van der Waals surface area contributed by atoms with Gasteiger partial charge in [0.05, 0.1) is 17.7 Å². The average molecular weight is 486 g/mol. The number of rotatable bonds is 9. The predicted molar refractivity (Wildman–Crippen MR) is 136 cm³/mol. The summed E-state index contributed by atoms with van der Waals surface area (Å²) in [7, 11) is 1.68. The zero-order valence-electron chi connectivity index (χ0n) is 19.6. The summed E-state index contributed by atoms with van der Waals surface area (Å²) in [6, 6.07) is 1.94. The third-order valence-corrected chi connectivity index (χ3v) is 8.49. The van der Waals surface area contributed by atoms with Crippen LogP contribution in [0.1, 0.15) is 51.4 Å². The summed E-state index contributed by atoms with van der Waals surface area (Å²) in [6.07, 6.45) is 7.18. The van der Waals surface area contributed by atoms with Gasteiger partial charge in [0.15, 0.2) is 10.9 Å². The molecule has 6 nitrogen and oxygen atoms in total. The molecule has 1 aliphatic carbocycles. The van der Waals surface area contributed by atoms with Crippen molar-refractivity contribution in [3.05, 3.63) is 56.5 Å². The maximum atomic E-state index is 13.5. The second-order valence-electron chi connectivity index (χ2n) is 8.48. The smallest absolute Gasteiger partial charge is 0.263 e. The van der Waals surface area contributed by atoms with Gasteiger partial charge in [-0.25, -0.2) is 4.98 Å². The maximum absolute atomic E-state index is 13.5. The van der Waals surface area contributed by atoms with Crippen molar-refractivity contribution < 1.29 is 9.53 Å². The maximum Gasteiger partial charge on any atom is 0.263 e. The lowest BCUT2D eigenvalue weighted by atomic mass is 10.1. The van der Waals surface area contributed by atoms with E-state index in [0.29, 0.717) is 24.9 Å². The van der Waals surface area contributed by atoms with E-state index in [1.54, 1.807) is 29.1 Å². The van der Waals surface area contributed by atoms with Crippen LogP contribution in [0, 0.1) is 13.8 Å². The Morgan fingerprint density at radius 2 is 2.06 bits per heavy atom. The quantitative estimate of drug-likeness (QED) is 0.141. The van der Waals surface area contributed by atoms with Crippen molar-refractivity contribution in [2.75, 3.05) is 19.5 Å². The Morgan fingerprint density at radius 3 is 2.82 bits per heavy atom. The summed E-state index contributed by atoms with van der Waals surface area (Å²) in [5.41, 5.74) is 3.90. The number of allylic oxidation sites excluding steroid dienone is 1. The molecule has 3 aromatic rings. The van der Waals surface area contributed by atoms with Gasteiger partial charge in [0.1, 0.15) is 4.83 Å². The Hall–Kier alpha value is -2.16. The summed E-state index contributed by atoms with van der Waals surface area (Å²) in [4.78, 5) is 33.5. The molecular weight excluding hydrogens is 454 g/mol.